The molecule has 0 aliphatic rings. The summed E-state index contributed by atoms with van der Waals surface area (Å²) in [7, 11) is 0. The minimum Gasteiger partial charge on any atom is -0.335 e. The number of rotatable bonds is 11. The van der Waals surface area contributed by atoms with Crippen molar-refractivity contribution >= 4 is 17.7 Å². The maximum Gasteiger partial charge on any atom is 0.416 e. The number of halogens is 4. The predicted molar refractivity (Wildman–Crippen MR) is 153 cm³/mol. The van der Waals surface area contributed by atoms with Crippen molar-refractivity contribution in [1.29, 1.82) is 0 Å². The molecule has 0 aliphatic carbocycles. The summed E-state index contributed by atoms with van der Waals surface area (Å²) in [6.45, 7) is 2.45. The highest BCUT2D eigenvalue weighted by atomic mass is 32.2. The van der Waals surface area contributed by atoms with Crippen LogP contribution < -0.4 is 11.3 Å². The molecule has 0 saturated carbocycles. The van der Waals surface area contributed by atoms with E-state index >= 15 is 0 Å². The van der Waals surface area contributed by atoms with Gasteiger partial charge in [0.05, 0.1) is 11.3 Å². The highest BCUT2D eigenvalue weighted by Gasteiger charge is 2.30. The molecule has 12 heteroatoms. The molecular weight excluding hydrogens is 570 g/mol. The maximum absolute atomic E-state index is 13.4. The average Bonchev–Trinajstić information content (AvgIpc) is 2.97. The third-order valence-electron chi connectivity index (χ3n) is 6.45. The molecule has 2 heterocycles. The molecule has 220 valence electrons. The Morgan fingerprint density at radius 1 is 1.02 bits per heavy atom. The Kier molecular flexibility index (Phi) is 10.1. The van der Waals surface area contributed by atoms with Crippen LogP contribution in [0.25, 0.3) is 11.3 Å². The minimum atomic E-state index is -4.42. The lowest BCUT2D eigenvalue weighted by molar-refractivity contribution is -0.137. The molecule has 0 fully saturated rings. The zero-order valence-corrected chi connectivity index (χ0v) is 23.6. The standard InChI is InChI=1S/C30H29F4N5O2S/c1-2-22-17-39(29(37-28(22)41)42-19-20-3-10-25(31)11-4-20)18-27(40)38(14-13-35)16-21-5-12-26(36-15-21)23-6-8-24(9-7-23)30(32,33)34/h3-12,15,17H,2,13-14,16,18-19,35H2,1H3. The van der Waals surface area contributed by atoms with Crippen molar-refractivity contribution in [3.63, 3.8) is 0 Å². The molecule has 0 aliphatic heterocycles. The number of alkyl halides is 3. The number of aryl methyl sites for hydroxylation is 1. The molecule has 4 rings (SSSR count). The van der Waals surface area contributed by atoms with Gasteiger partial charge in [0.15, 0.2) is 5.16 Å². The lowest BCUT2D eigenvalue weighted by Crippen LogP contribution is -2.37. The number of thioether (sulfide) groups is 1. The predicted octanol–water partition coefficient (Wildman–Crippen LogP) is 5.31. The van der Waals surface area contributed by atoms with Gasteiger partial charge >= 0.3 is 6.18 Å². The van der Waals surface area contributed by atoms with Crippen LogP contribution in [0.5, 0.6) is 0 Å². The van der Waals surface area contributed by atoms with Crippen LogP contribution in [0.15, 0.2) is 83.0 Å². The van der Waals surface area contributed by atoms with Crippen molar-refractivity contribution < 1.29 is 22.4 Å². The molecular formula is C30H29F4N5O2S. The van der Waals surface area contributed by atoms with E-state index in [4.69, 9.17) is 5.73 Å². The van der Waals surface area contributed by atoms with Crippen LogP contribution in [-0.4, -0.2) is 38.4 Å². The summed E-state index contributed by atoms with van der Waals surface area (Å²) in [5, 5.41) is 0.366. The number of nitrogens with zero attached hydrogens (tertiary/aromatic N) is 4. The van der Waals surface area contributed by atoms with E-state index in [-0.39, 0.29) is 43.5 Å². The molecule has 0 radical (unpaired) electrons. The van der Waals surface area contributed by atoms with Crippen LogP contribution in [0.4, 0.5) is 17.6 Å². The van der Waals surface area contributed by atoms with E-state index in [1.807, 2.05) is 6.92 Å². The fraction of sp³-hybridized carbons (Fsp3) is 0.267. The number of carbonyl (C=O) groups excluding carboxylic acids is 1. The molecule has 0 unspecified atom stereocenters. The Morgan fingerprint density at radius 2 is 1.71 bits per heavy atom. The molecule has 2 aromatic carbocycles. The lowest BCUT2D eigenvalue weighted by Gasteiger charge is -2.23. The van der Waals surface area contributed by atoms with Gasteiger partial charge in [0.25, 0.3) is 5.56 Å². The number of carbonyl (C=O) groups is 1. The highest BCUT2D eigenvalue weighted by Crippen LogP contribution is 2.30. The molecule has 4 aromatic rings. The molecule has 0 spiro atoms. The van der Waals surface area contributed by atoms with Gasteiger partial charge in [0.1, 0.15) is 12.4 Å². The monoisotopic (exact) mass is 599 g/mol. The van der Waals surface area contributed by atoms with E-state index in [1.165, 1.54) is 36.0 Å². The highest BCUT2D eigenvalue weighted by molar-refractivity contribution is 7.98. The number of hydrogen-bond acceptors (Lipinski definition) is 6. The van der Waals surface area contributed by atoms with Gasteiger partial charge in [0.2, 0.25) is 5.91 Å². The van der Waals surface area contributed by atoms with Crippen molar-refractivity contribution in [3.8, 4) is 11.3 Å². The van der Waals surface area contributed by atoms with E-state index in [9.17, 15) is 27.2 Å². The molecule has 7 nitrogen and oxygen atoms in total. The first-order valence-electron chi connectivity index (χ1n) is 13.2. The summed E-state index contributed by atoms with van der Waals surface area (Å²) in [6.07, 6.45) is -0.752. The first-order valence-corrected chi connectivity index (χ1v) is 14.1. The van der Waals surface area contributed by atoms with E-state index in [1.54, 1.807) is 46.1 Å². The Hall–Kier alpha value is -4.03. The third-order valence-corrected chi connectivity index (χ3v) is 7.52. The van der Waals surface area contributed by atoms with Crippen LogP contribution in [0, 0.1) is 5.82 Å². The summed E-state index contributed by atoms with van der Waals surface area (Å²) in [5.41, 5.74) is 7.76. The van der Waals surface area contributed by atoms with Crippen LogP contribution >= 0.6 is 11.8 Å². The summed E-state index contributed by atoms with van der Waals surface area (Å²) < 4.78 is 53.5. The summed E-state index contributed by atoms with van der Waals surface area (Å²) >= 11 is 1.27. The van der Waals surface area contributed by atoms with Gasteiger partial charge in [0, 0.05) is 48.9 Å². The van der Waals surface area contributed by atoms with Crippen molar-refractivity contribution in [1.82, 2.24) is 19.4 Å². The number of hydrogen-bond donors (Lipinski definition) is 1. The van der Waals surface area contributed by atoms with E-state index in [0.29, 0.717) is 39.7 Å². The second-order valence-corrected chi connectivity index (χ2v) is 10.4. The molecule has 0 bridgehead atoms. The topological polar surface area (TPSA) is 94.1 Å². The summed E-state index contributed by atoms with van der Waals surface area (Å²) in [6, 6.07) is 14.2. The number of nitrogens with two attached hydrogens (primary N) is 1. The second kappa shape index (κ2) is 13.8. The van der Waals surface area contributed by atoms with E-state index in [2.05, 4.69) is 9.97 Å². The molecule has 0 atom stereocenters. The van der Waals surface area contributed by atoms with Crippen molar-refractivity contribution in [3.05, 3.63) is 111 Å². The Bertz CT molecular complexity index is 1560. The Labute approximate surface area is 244 Å². The maximum atomic E-state index is 13.4. The average molecular weight is 600 g/mol. The fourth-order valence-electron chi connectivity index (χ4n) is 4.15. The number of aromatic nitrogens is 3. The molecule has 2 aromatic heterocycles. The SMILES string of the molecule is CCc1cn(CC(=O)N(CCN)Cc2ccc(-c3ccc(C(F)(F)F)cc3)nc2)c(SCc2ccc(F)cc2)nc1=O. The lowest BCUT2D eigenvalue weighted by atomic mass is 10.1. The first kappa shape index (κ1) is 30.9. The van der Waals surface area contributed by atoms with E-state index < -0.39 is 11.7 Å². The fourth-order valence-corrected chi connectivity index (χ4v) is 5.07. The van der Waals surface area contributed by atoms with Crippen LogP contribution in [-0.2, 0) is 36.2 Å². The second-order valence-electron chi connectivity index (χ2n) is 9.48. The van der Waals surface area contributed by atoms with Gasteiger partial charge < -0.3 is 15.2 Å². The Morgan fingerprint density at radius 3 is 2.31 bits per heavy atom. The normalized spacial score (nSPS) is 11.5. The largest absolute Gasteiger partial charge is 0.416 e. The van der Waals surface area contributed by atoms with Gasteiger partial charge in [-0.2, -0.15) is 18.2 Å². The molecule has 0 saturated heterocycles. The van der Waals surface area contributed by atoms with Crippen LogP contribution in [0.3, 0.4) is 0 Å². The molecule has 2 N–H and O–H groups in total. The van der Waals surface area contributed by atoms with Gasteiger partial charge in [-0.3, -0.25) is 14.6 Å². The molecule has 1 amide bonds. The van der Waals surface area contributed by atoms with Gasteiger partial charge in [-0.1, -0.05) is 49.0 Å². The van der Waals surface area contributed by atoms with Crippen LogP contribution in [0.1, 0.15) is 29.2 Å². The van der Waals surface area contributed by atoms with Gasteiger partial charge in [-0.05, 0) is 47.9 Å². The number of benzene rings is 2. The van der Waals surface area contributed by atoms with Crippen molar-refractivity contribution in [2.45, 2.75) is 43.5 Å². The first-order chi connectivity index (χ1) is 20.1. The van der Waals surface area contributed by atoms with Crippen molar-refractivity contribution in [2.75, 3.05) is 13.1 Å². The van der Waals surface area contributed by atoms with Crippen molar-refractivity contribution in [2.24, 2.45) is 5.73 Å². The number of pyridine rings is 1. The zero-order chi connectivity index (χ0) is 30.3. The smallest absolute Gasteiger partial charge is 0.335 e. The molecule has 42 heavy (non-hydrogen) atoms. The summed E-state index contributed by atoms with van der Waals surface area (Å²) in [5.74, 6) is -0.167. The van der Waals surface area contributed by atoms with Gasteiger partial charge in [-0.15, -0.1) is 0 Å². The Balaban J connectivity index is 1.49. The number of amides is 1. The minimum absolute atomic E-state index is 0.0803. The van der Waals surface area contributed by atoms with Crippen LogP contribution in [0.2, 0.25) is 0 Å². The van der Waals surface area contributed by atoms with E-state index in [0.717, 1.165) is 17.7 Å². The zero-order valence-electron chi connectivity index (χ0n) is 22.8. The van der Waals surface area contributed by atoms with Gasteiger partial charge in [-0.25, -0.2) is 4.39 Å². The quantitative estimate of drug-likeness (QED) is 0.143. The third kappa shape index (κ3) is 8.04. The summed E-state index contributed by atoms with van der Waals surface area (Å²) in [4.78, 5) is 36.1.